The van der Waals surface area contributed by atoms with E-state index in [0.29, 0.717) is 0 Å². The number of nitrogens with zero attached hydrogens (tertiary/aromatic N) is 1. The van der Waals surface area contributed by atoms with Crippen LogP contribution >= 0.6 is 32.9 Å². The van der Waals surface area contributed by atoms with Crippen LogP contribution in [0.2, 0.25) is 0 Å². The van der Waals surface area contributed by atoms with E-state index in [1.165, 1.54) is 0 Å². The van der Waals surface area contributed by atoms with E-state index in [-0.39, 0.29) is 34.8 Å². The smallest absolute Gasteiger partial charge is 0.282 e. The van der Waals surface area contributed by atoms with Gasteiger partial charge in [-0.2, -0.15) is 0 Å². The fraction of sp³-hybridized carbons (Fsp3) is 0.800. The molecule has 76 valence electrons. The molecule has 2 aliphatic rings. The Hall–Kier alpha value is 0.180. The van der Waals surface area contributed by atoms with Crippen molar-refractivity contribution in [3.8, 4) is 0 Å². The monoisotopic (exact) mass is 334 g/mol. The van der Waals surface area contributed by atoms with Gasteiger partial charge in [0.05, 0.1) is 5.75 Å². The van der Waals surface area contributed by atoms with E-state index < -0.39 is 20.1 Å². The Morgan fingerprint density at radius 3 is 2.77 bits per heavy atom. The van der Waals surface area contributed by atoms with Gasteiger partial charge in [-0.05, 0) is 0 Å². The van der Waals surface area contributed by atoms with Gasteiger partial charge >= 0.3 is 0 Å². The Morgan fingerprint density at radius 2 is 2.23 bits per heavy atom. The SMILES string of the molecule is Br.NC1=NC2CS(=O)(=O)C(Br)C2O1. The van der Waals surface area contributed by atoms with Gasteiger partial charge in [-0.1, -0.05) is 15.9 Å². The van der Waals surface area contributed by atoms with Gasteiger partial charge in [0.1, 0.15) is 6.04 Å². The molecule has 0 aromatic carbocycles. The Labute approximate surface area is 94.5 Å². The summed E-state index contributed by atoms with van der Waals surface area (Å²) in [5.41, 5.74) is 5.29. The fourth-order valence-electron chi connectivity index (χ4n) is 1.38. The lowest BCUT2D eigenvalue weighted by Crippen LogP contribution is -2.27. The molecule has 8 heteroatoms. The third-order valence-corrected chi connectivity index (χ3v) is 5.92. The zero-order valence-electron chi connectivity index (χ0n) is 6.38. The van der Waals surface area contributed by atoms with E-state index in [2.05, 4.69) is 20.9 Å². The molecule has 0 aromatic heterocycles. The molecule has 5 nitrogen and oxygen atoms in total. The number of hydrogen-bond acceptors (Lipinski definition) is 5. The van der Waals surface area contributed by atoms with Crippen LogP contribution in [0.4, 0.5) is 0 Å². The standard InChI is InChI=1S/C5H7BrN2O3S.BrH/c6-4-3-2(1-12(4,9)10)8-5(7)11-3;/h2-4H,1H2,(H2,7,8);1H. The highest BCUT2D eigenvalue weighted by Crippen LogP contribution is 2.33. The normalized spacial score (nSPS) is 40.1. The molecule has 0 bridgehead atoms. The Kier molecular flexibility index (Phi) is 2.94. The van der Waals surface area contributed by atoms with Crippen LogP contribution in [-0.4, -0.2) is 36.5 Å². The second-order valence-corrected chi connectivity index (χ2v) is 6.56. The number of halogens is 2. The molecule has 1 saturated heterocycles. The minimum atomic E-state index is -3.08. The van der Waals surface area contributed by atoms with Crippen LogP contribution in [0.3, 0.4) is 0 Å². The first-order chi connectivity index (χ1) is 5.50. The Bertz CT molecular complexity index is 342. The third-order valence-electron chi connectivity index (χ3n) is 1.93. The average Bonchev–Trinajstić information content (AvgIpc) is 2.35. The maximum Gasteiger partial charge on any atom is 0.282 e. The number of amidine groups is 1. The van der Waals surface area contributed by atoms with Gasteiger partial charge in [0.15, 0.2) is 20.1 Å². The van der Waals surface area contributed by atoms with Gasteiger partial charge in [0, 0.05) is 0 Å². The van der Waals surface area contributed by atoms with Crippen LogP contribution in [-0.2, 0) is 14.6 Å². The first-order valence-corrected chi connectivity index (χ1v) is 5.99. The lowest BCUT2D eigenvalue weighted by Gasteiger charge is -2.09. The van der Waals surface area contributed by atoms with Crippen molar-refractivity contribution in [1.29, 1.82) is 0 Å². The maximum atomic E-state index is 11.2. The largest absolute Gasteiger partial charge is 0.457 e. The second kappa shape index (κ2) is 3.39. The molecule has 1 fully saturated rings. The number of fused-ring (bicyclic) bond motifs is 1. The number of aliphatic imine (C=N–C) groups is 1. The van der Waals surface area contributed by atoms with E-state index in [9.17, 15) is 8.42 Å². The van der Waals surface area contributed by atoms with Crippen molar-refractivity contribution in [1.82, 2.24) is 0 Å². The first kappa shape index (κ1) is 11.3. The van der Waals surface area contributed by atoms with Crippen molar-refractivity contribution in [2.45, 2.75) is 16.3 Å². The lowest BCUT2D eigenvalue weighted by atomic mass is 10.2. The molecule has 0 spiro atoms. The molecule has 2 aliphatic heterocycles. The molecule has 2 heterocycles. The van der Waals surface area contributed by atoms with Gasteiger partial charge in [-0.25, -0.2) is 13.4 Å². The van der Waals surface area contributed by atoms with E-state index in [4.69, 9.17) is 10.5 Å². The van der Waals surface area contributed by atoms with Crippen molar-refractivity contribution in [3.05, 3.63) is 0 Å². The molecule has 0 aliphatic carbocycles. The van der Waals surface area contributed by atoms with Crippen LogP contribution < -0.4 is 5.73 Å². The number of sulfone groups is 1. The molecule has 0 aromatic rings. The summed E-state index contributed by atoms with van der Waals surface area (Å²) >= 11 is 3.05. The Morgan fingerprint density at radius 1 is 1.62 bits per heavy atom. The average molecular weight is 336 g/mol. The Balaban J connectivity index is 0.000000845. The van der Waals surface area contributed by atoms with E-state index in [1.54, 1.807) is 0 Å². The summed E-state index contributed by atoms with van der Waals surface area (Å²) in [6.07, 6.45) is -0.435. The molecule has 0 amide bonds. The molecule has 3 atom stereocenters. The van der Waals surface area contributed by atoms with E-state index in [0.717, 1.165) is 0 Å². The van der Waals surface area contributed by atoms with Crippen molar-refractivity contribution in [2.24, 2.45) is 10.7 Å². The van der Waals surface area contributed by atoms with Gasteiger partial charge < -0.3 is 10.5 Å². The van der Waals surface area contributed by atoms with Crippen molar-refractivity contribution in [3.63, 3.8) is 0 Å². The zero-order chi connectivity index (χ0) is 8.93. The molecule has 13 heavy (non-hydrogen) atoms. The molecule has 0 saturated carbocycles. The summed E-state index contributed by atoms with van der Waals surface area (Å²) in [6, 6.07) is -0.233. The number of alkyl halides is 1. The number of rotatable bonds is 0. The lowest BCUT2D eigenvalue weighted by molar-refractivity contribution is 0.221. The summed E-state index contributed by atoms with van der Waals surface area (Å²) in [6.45, 7) is 0. The molecular weight excluding hydrogens is 328 g/mol. The van der Waals surface area contributed by atoms with Gasteiger partial charge in [-0.3, -0.25) is 0 Å². The first-order valence-electron chi connectivity index (χ1n) is 3.36. The highest BCUT2D eigenvalue weighted by molar-refractivity contribution is 9.11. The second-order valence-electron chi connectivity index (χ2n) is 2.80. The number of hydrogen-bond donors (Lipinski definition) is 1. The summed E-state index contributed by atoms with van der Waals surface area (Å²) in [5.74, 6) is 0.0221. The van der Waals surface area contributed by atoms with Crippen LogP contribution in [0, 0.1) is 0 Å². The van der Waals surface area contributed by atoms with E-state index in [1.807, 2.05) is 0 Å². The summed E-state index contributed by atoms with van der Waals surface area (Å²) in [7, 11) is -3.08. The predicted octanol–water partition coefficient (Wildman–Crippen LogP) is -0.204. The minimum absolute atomic E-state index is 0. The van der Waals surface area contributed by atoms with Gasteiger partial charge in [0.25, 0.3) is 6.02 Å². The van der Waals surface area contributed by atoms with E-state index >= 15 is 0 Å². The van der Waals surface area contributed by atoms with Crippen molar-refractivity contribution >= 4 is 48.8 Å². The molecule has 2 N–H and O–H groups in total. The number of ether oxygens (including phenoxy) is 1. The molecule has 3 unspecified atom stereocenters. The fourth-order valence-corrected chi connectivity index (χ4v) is 3.87. The summed E-state index contributed by atoms with van der Waals surface area (Å²) in [4.78, 5) is 3.86. The maximum absolute atomic E-state index is 11.2. The van der Waals surface area contributed by atoms with Crippen LogP contribution in [0.1, 0.15) is 0 Å². The molecule has 2 rings (SSSR count). The predicted molar refractivity (Wildman–Crippen MR) is 57.1 cm³/mol. The summed E-state index contributed by atoms with van der Waals surface area (Å²) < 4.78 is 26.9. The quantitative estimate of drug-likeness (QED) is 0.621. The van der Waals surface area contributed by atoms with Crippen LogP contribution in [0.15, 0.2) is 4.99 Å². The van der Waals surface area contributed by atoms with Crippen molar-refractivity contribution < 1.29 is 13.2 Å². The van der Waals surface area contributed by atoms with Gasteiger partial charge in [-0.15, -0.1) is 17.0 Å². The third kappa shape index (κ3) is 1.71. The molecular formula is C5H8Br2N2O3S. The van der Waals surface area contributed by atoms with Gasteiger partial charge in [0.2, 0.25) is 0 Å². The number of nitrogens with two attached hydrogens (primary N) is 1. The van der Waals surface area contributed by atoms with Crippen LogP contribution in [0.25, 0.3) is 0 Å². The highest BCUT2D eigenvalue weighted by atomic mass is 79.9. The zero-order valence-corrected chi connectivity index (χ0v) is 10.5. The topological polar surface area (TPSA) is 81.8 Å². The minimum Gasteiger partial charge on any atom is -0.457 e. The van der Waals surface area contributed by atoms with Crippen LogP contribution in [0.5, 0.6) is 0 Å². The molecule has 0 radical (unpaired) electrons. The summed E-state index contributed by atoms with van der Waals surface area (Å²) in [5, 5.41) is 0. The highest BCUT2D eigenvalue weighted by Gasteiger charge is 2.50. The van der Waals surface area contributed by atoms with Crippen molar-refractivity contribution in [2.75, 3.05) is 5.75 Å².